The monoisotopic (exact) mass is 327 g/mol. The number of rotatable bonds is 6. The van der Waals surface area contributed by atoms with Crippen molar-refractivity contribution in [1.29, 1.82) is 0 Å². The quantitative estimate of drug-likeness (QED) is 0.854. The van der Waals surface area contributed by atoms with Crippen LogP contribution in [0.15, 0.2) is 36.4 Å². The van der Waals surface area contributed by atoms with E-state index in [0.717, 1.165) is 24.2 Å². The van der Waals surface area contributed by atoms with E-state index in [0.29, 0.717) is 17.4 Å². The van der Waals surface area contributed by atoms with Gasteiger partial charge in [0.25, 0.3) is 11.8 Å². The van der Waals surface area contributed by atoms with Gasteiger partial charge in [-0.15, -0.1) is 0 Å². The highest BCUT2D eigenvalue weighted by Gasteiger charge is 2.23. The molecule has 1 saturated carbocycles. The molecule has 0 spiro atoms. The minimum atomic E-state index is -0.199. The van der Waals surface area contributed by atoms with Crippen molar-refractivity contribution in [2.24, 2.45) is 0 Å². The molecule has 0 aliphatic heterocycles. The predicted molar refractivity (Wildman–Crippen MR) is 90.7 cm³/mol. The zero-order valence-corrected chi connectivity index (χ0v) is 13.8. The molecule has 1 aliphatic rings. The van der Waals surface area contributed by atoms with Crippen LogP contribution in [-0.4, -0.2) is 29.1 Å². The first kappa shape index (κ1) is 16.1. The van der Waals surface area contributed by atoms with E-state index in [1.165, 1.54) is 0 Å². The fourth-order valence-electron chi connectivity index (χ4n) is 2.36. The van der Waals surface area contributed by atoms with E-state index in [1.807, 2.05) is 26.0 Å². The van der Waals surface area contributed by atoms with Crippen molar-refractivity contribution in [2.75, 3.05) is 12.0 Å². The minimum absolute atomic E-state index is 0.0101. The third kappa shape index (κ3) is 3.95. The molecule has 1 aromatic heterocycles. The van der Waals surface area contributed by atoms with E-state index in [1.54, 1.807) is 28.9 Å². The number of hydrogen-bond acceptors (Lipinski definition) is 3. The van der Waals surface area contributed by atoms with Gasteiger partial charge in [0.2, 0.25) is 0 Å². The van der Waals surface area contributed by atoms with Gasteiger partial charge in [0.15, 0.2) is 6.61 Å². The van der Waals surface area contributed by atoms with Crippen molar-refractivity contribution in [3.8, 4) is 5.75 Å². The summed E-state index contributed by atoms with van der Waals surface area (Å²) in [6.07, 6.45) is 2.10. The summed E-state index contributed by atoms with van der Waals surface area (Å²) in [7, 11) is 0. The number of amides is 2. The van der Waals surface area contributed by atoms with Crippen LogP contribution in [-0.2, 0) is 4.79 Å². The second kappa shape index (κ2) is 6.78. The molecule has 2 amide bonds. The number of benzene rings is 1. The first-order chi connectivity index (χ1) is 11.5. The van der Waals surface area contributed by atoms with E-state index in [-0.39, 0.29) is 18.4 Å². The molecule has 126 valence electrons. The Hall–Kier alpha value is -2.76. The van der Waals surface area contributed by atoms with E-state index in [9.17, 15) is 9.59 Å². The highest BCUT2D eigenvalue weighted by atomic mass is 16.5. The Labute approximate surface area is 140 Å². The lowest BCUT2D eigenvalue weighted by Crippen LogP contribution is -2.30. The van der Waals surface area contributed by atoms with Crippen molar-refractivity contribution < 1.29 is 14.3 Å². The number of nitrogens with zero attached hydrogens (tertiary/aromatic N) is 1. The van der Waals surface area contributed by atoms with E-state index >= 15 is 0 Å². The summed E-state index contributed by atoms with van der Waals surface area (Å²) in [4.78, 5) is 23.9. The zero-order chi connectivity index (χ0) is 17.1. The van der Waals surface area contributed by atoms with Crippen molar-refractivity contribution in [1.82, 2.24) is 9.99 Å². The molecule has 1 fully saturated rings. The van der Waals surface area contributed by atoms with Crippen molar-refractivity contribution in [3.63, 3.8) is 0 Å². The maximum Gasteiger partial charge on any atom is 0.270 e. The molecular formula is C18H21N3O3. The van der Waals surface area contributed by atoms with Crippen LogP contribution in [0.3, 0.4) is 0 Å². The SMILES string of the molecule is Cc1ccc(C)n1NC(=O)c1ccc(OCC(=O)NC2CC2)cc1. The van der Waals surface area contributed by atoms with Crippen LogP contribution >= 0.6 is 0 Å². The van der Waals surface area contributed by atoms with Crippen molar-refractivity contribution >= 4 is 11.8 Å². The topological polar surface area (TPSA) is 72.4 Å². The molecule has 6 heteroatoms. The van der Waals surface area contributed by atoms with E-state index in [4.69, 9.17) is 4.74 Å². The lowest BCUT2D eigenvalue weighted by atomic mass is 10.2. The van der Waals surface area contributed by atoms with Crippen molar-refractivity contribution in [2.45, 2.75) is 32.7 Å². The lowest BCUT2D eigenvalue weighted by Gasteiger charge is -2.12. The van der Waals surface area contributed by atoms with Crippen LogP contribution in [0.1, 0.15) is 34.6 Å². The molecule has 0 saturated heterocycles. The maximum atomic E-state index is 12.3. The molecule has 0 bridgehead atoms. The molecule has 3 rings (SSSR count). The van der Waals surface area contributed by atoms with Crippen LogP contribution in [0.2, 0.25) is 0 Å². The Bertz CT molecular complexity index is 726. The third-order valence-corrected chi connectivity index (χ3v) is 3.91. The highest BCUT2D eigenvalue weighted by molar-refractivity contribution is 6.00. The molecule has 1 aromatic carbocycles. The van der Waals surface area contributed by atoms with Gasteiger partial charge in [0.05, 0.1) is 0 Å². The van der Waals surface area contributed by atoms with Gasteiger partial charge in [0.1, 0.15) is 5.75 Å². The maximum absolute atomic E-state index is 12.3. The predicted octanol–water partition coefficient (Wildman–Crippen LogP) is 2.15. The summed E-state index contributed by atoms with van der Waals surface area (Å²) in [5.74, 6) is 0.249. The number of aryl methyl sites for hydroxylation is 2. The summed E-state index contributed by atoms with van der Waals surface area (Å²) in [5.41, 5.74) is 5.29. The normalized spacial score (nSPS) is 13.4. The summed E-state index contributed by atoms with van der Waals surface area (Å²) >= 11 is 0. The first-order valence-electron chi connectivity index (χ1n) is 8.01. The third-order valence-electron chi connectivity index (χ3n) is 3.91. The lowest BCUT2D eigenvalue weighted by molar-refractivity contribution is -0.123. The Morgan fingerprint density at radius 2 is 1.71 bits per heavy atom. The van der Waals surface area contributed by atoms with Crippen LogP contribution in [0.5, 0.6) is 5.75 Å². The van der Waals surface area contributed by atoms with Crippen LogP contribution in [0, 0.1) is 13.8 Å². The number of ether oxygens (including phenoxy) is 1. The smallest absolute Gasteiger partial charge is 0.270 e. The minimum Gasteiger partial charge on any atom is -0.484 e. The average molecular weight is 327 g/mol. The fraction of sp³-hybridized carbons (Fsp3) is 0.333. The number of aromatic nitrogens is 1. The summed E-state index contributed by atoms with van der Waals surface area (Å²) in [6, 6.07) is 10.9. The van der Waals surface area contributed by atoms with Gasteiger partial charge in [-0.05, 0) is 63.1 Å². The molecule has 2 aromatic rings. The number of hydrogen-bond donors (Lipinski definition) is 2. The molecule has 2 N–H and O–H groups in total. The molecule has 0 radical (unpaired) electrons. The highest BCUT2D eigenvalue weighted by Crippen LogP contribution is 2.18. The molecular weight excluding hydrogens is 306 g/mol. The molecule has 1 aliphatic carbocycles. The summed E-state index contributed by atoms with van der Waals surface area (Å²) in [5, 5.41) is 2.86. The Kier molecular flexibility index (Phi) is 4.55. The van der Waals surface area contributed by atoms with Crippen LogP contribution < -0.4 is 15.5 Å². The molecule has 0 unspecified atom stereocenters. The second-order valence-corrected chi connectivity index (χ2v) is 6.05. The summed E-state index contributed by atoms with van der Waals surface area (Å²) in [6.45, 7) is 3.84. The van der Waals surface area contributed by atoms with Gasteiger partial charge in [-0.2, -0.15) is 0 Å². The fourth-order valence-corrected chi connectivity index (χ4v) is 2.36. The van der Waals surface area contributed by atoms with Crippen LogP contribution in [0.25, 0.3) is 0 Å². The van der Waals surface area contributed by atoms with Gasteiger partial charge >= 0.3 is 0 Å². The van der Waals surface area contributed by atoms with Gasteiger partial charge in [0, 0.05) is 23.0 Å². The van der Waals surface area contributed by atoms with Gasteiger partial charge < -0.3 is 10.1 Å². The standard InChI is InChI=1S/C18H21N3O3/c1-12-3-4-13(2)21(12)20-18(23)14-5-9-16(10-6-14)24-11-17(22)19-15-7-8-15/h3-6,9-10,15H,7-8,11H2,1-2H3,(H,19,22)(H,20,23). The zero-order valence-electron chi connectivity index (χ0n) is 13.8. The Morgan fingerprint density at radius 3 is 2.29 bits per heavy atom. The van der Waals surface area contributed by atoms with Gasteiger partial charge in [-0.1, -0.05) is 0 Å². The molecule has 6 nitrogen and oxygen atoms in total. The second-order valence-electron chi connectivity index (χ2n) is 6.05. The van der Waals surface area contributed by atoms with E-state index in [2.05, 4.69) is 10.7 Å². The molecule has 24 heavy (non-hydrogen) atoms. The molecule has 1 heterocycles. The van der Waals surface area contributed by atoms with Crippen LogP contribution in [0.4, 0.5) is 0 Å². The molecule has 0 atom stereocenters. The van der Waals surface area contributed by atoms with Gasteiger partial charge in [-0.25, -0.2) is 0 Å². The van der Waals surface area contributed by atoms with Crippen molar-refractivity contribution in [3.05, 3.63) is 53.3 Å². The van der Waals surface area contributed by atoms with Gasteiger partial charge in [-0.3, -0.25) is 19.7 Å². The average Bonchev–Trinajstić information content (AvgIpc) is 3.34. The first-order valence-corrected chi connectivity index (χ1v) is 8.01. The Balaban J connectivity index is 1.55. The number of nitrogens with one attached hydrogen (secondary N) is 2. The number of carbonyl (C=O) groups excluding carboxylic acids is 2. The Morgan fingerprint density at radius 1 is 1.08 bits per heavy atom. The summed E-state index contributed by atoms with van der Waals surface area (Å²) < 4.78 is 7.17. The van der Waals surface area contributed by atoms with E-state index < -0.39 is 0 Å². The number of carbonyl (C=O) groups is 2. The largest absolute Gasteiger partial charge is 0.484 e.